The summed E-state index contributed by atoms with van der Waals surface area (Å²) in [6.45, 7) is 1.65. The maximum Gasteiger partial charge on any atom is 0.335 e. The number of carbonyl (C=O) groups excluding carboxylic acids is 1. The molecular weight excluding hydrogens is 326 g/mol. The zero-order valence-corrected chi connectivity index (χ0v) is 13.8. The van der Waals surface area contributed by atoms with Crippen molar-refractivity contribution in [1.29, 1.82) is 0 Å². The molecule has 4 rings (SSSR count). The van der Waals surface area contributed by atoms with E-state index in [0.717, 1.165) is 23.5 Å². The van der Waals surface area contributed by atoms with E-state index in [-0.39, 0.29) is 43.7 Å². The number of benzene rings is 1. The van der Waals surface area contributed by atoms with Gasteiger partial charge in [-0.3, -0.25) is 4.79 Å². The van der Waals surface area contributed by atoms with Crippen LogP contribution in [0.2, 0.25) is 0 Å². The maximum absolute atomic E-state index is 12.7. The number of rotatable bonds is 3. The number of nitrogens with zero attached hydrogens (tertiary/aromatic N) is 1. The summed E-state index contributed by atoms with van der Waals surface area (Å²) in [6, 6.07) is 5.81. The number of hydrogen-bond acceptors (Lipinski definition) is 5. The van der Waals surface area contributed by atoms with E-state index < -0.39 is 11.6 Å². The average Bonchev–Trinajstić information content (AvgIpc) is 3.42. The van der Waals surface area contributed by atoms with Crippen molar-refractivity contribution in [2.75, 3.05) is 26.3 Å². The van der Waals surface area contributed by atoms with E-state index in [0.29, 0.717) is 13.2 Å². The third-order valence-electron chi connectivity index (χ3n) is 5.40. The van der Waals surface area contributed by atoms with Crippen LogP contribution in [0.1, 0.15) is 30.7 Å². The van der Waals surface area contributed by atoms with Crippen LogP contribution < -0.4 is 9.47 Å². The fourth-order valence-electron chi connectivity index (χ4n) is 3.67. The lowest BCUT2D eigenvalue weighted by atomic mass is 9.91. The van der Waals surface area contributed by atoms with E-state index in [1.807, 2.05) is 18.2 Å². The van der Waals surface area contributed by atoms with Gasteiger partial charge in [0.25, 0.3) is 0 Å². The number of hydrogen-bond donors (Lipinski definition) is 2. The molecule has 1 saturated carbocycles. The van der Waals surface area contributed by atoms with Gasteiger partial charge in [0.1, 0.15) is 13.2 Å². The summed E-state index contributed by atoms with van der Waals surface area (Å²) < 4.78 is 11.1. The predicted octanol–water partition coefficient (Wildman–Crippen LogP) is 0.999. The standard InChI is InChI=1S/C18H21NO6/c20-16(19-5-3-18(23,4-6-19)17(21)22)13-10-12(13)11-1-2-14-15(9-11)25-8-7-24-14/h1-2,9,12-13,23H,3-8,10H2,(H,21,22)/t12-,13+/m0/s1. The van der Waals surface area contributed by atoms with Crippen molar-refractivity contribution in [3.05, 3.63) is 23.8 Å². The molecule has 0 radical (unpaired) electrons. The Hall–Kier alpha value is -2.28. The Morgan fingerprint density at radius 2 is 1.80 bits per heavy atom. The van der Waals surface area contributed by atoms with Crippen molar-refractivity contribution in [1.82, 2.24) is 4.90 Å². The van der Waals surface area contributed by atoms with Crippen LogP contribution in [0.3, 0.4) is 0 Å². The fraction of sp³-hybridized carbons (Fsp3) is 0.556. The minimum absolute atomic E-state index is 0.0485. The summed E-state index contributed by atoms with van der Waals surface area (Å²) in [4.78, 5) is 25.4. The van der Waals surface area contributed by atoms with Gasteiger partial charge in [-0.1, -0.05) is 6.07 Å². The number of carboxylic acids is 1. The molecule has 2 atom stereocenters. The molecule has 1 amide bonds. The third-order valence-corrected chi connectivity index (χ3v) is 5.40. The van der Waals surface area contributed by atoms with Crippen molar-refractivity contribution < 1.29 is 29.3 Å². The number of aliphatic hydroxyl groups is 1. The van der Waals surface area contributed by atoms with Crippen molar-refractivity contribution in [2.45, 2.75) is 30.8 Å². The molecule has 2 heterocycles. The van der Waals surface area contributed by atoms with Crippen LogP contribution in [-0.2, 0) is 9.59 Å². The number of aliphatic carboxylic acids is 1. The number of piperidine rings is 1. The van der Waals surface area contributed by atoms with Crippen LogP contribution in [-0.4, -0.2) is 58.9 Å². The Morgan fingerprint density at radius 1 is 1.12 bits per heavy atom. The summed E-state index contributed by atoms with van der Waals surface area (Å²) in [5.74, 6) is 0.406. The highest BCUT2D eigenvalue weighted by atomic mass is 16.6. The zero-order chi connectivity index (χ0) is 17.6. The first-order valence-corrected chi connectivity index (χ1v) is 8.62. The Labute approximate surface area is 145 Å². The highest BCUT2D eigenvalue weighted by molar-refractivity contribution is 5.84. The quantitative estimate of drug-likeness (QED) is 0.847. The molecular formula is C18H21NO6. The van der Waals surface area contributed by atoms with Gasteiger partial charge < -0.3 is 24.6 Å². The molecule has 2 aliphatic heterocycles. The SMILES string of the molecule is O=C([C@@H]1C[C@H]1c1ccc2c(c1)OCCO2)N1CCC(O)(C(=O)O)CC1. The first kappa shape index (κ1) is 16.2. The Morgan fingerprint density at radius 3 is 2.48 bits per heavy atom. The van der Waals surface area contributed by atoms with Crippen molar-refractivity contribution >= 4 is 11.9 Å². The molecule has 25 heavy (non-hydrogen) atoms. The van der Waals surface area contributed by atoms with Gasteiger partial charge in [0, 0.05) is 31.8 Å². The average molecular weight is 347 g/mol. The molecule has 2 N–H and O–H groups in total. The maximum atomic E-state index is 12.7. The van der Waals surface area contributed by atoms with E-state index in [1.165, 1.54) is 0 Å². The number of amides is 1. The summed E-state index contributed by atoms with van der Waals surface area (Å²) >= 11 is 0. The van der Waals surface area contributed by atoms with Gasteiger partial charge in [-0.05, 0) is 30.0 Å². The van der Waals surface area contributed by atoms with Crippen LogP contribution in [0.4, 0.5) is 0 Å². The highest BCUT2D eigenvalue weighted by Gasteiger charge is 2.48. The highest BCUT2D eigenvalue weighted by Crippen LogP contribution is 2.50. The van der Waals surface area contributed by atoms with E-state index in [9.17, 15) is 14.7 Å². The molecule has 2 fully saturated rings. The van der Waals surface area contributed by atoms with Gasteiger partial charge in [0.15, 0.2) is 17.1 Å². The lowest BCUT2D eigenvalue weighted by Gasteiger charge is -2.35. The Bertz CT molecular complexity index is 710. The number of carbonyl (C=O) groups is 2. The van der Waals surface area contributed by atoms with Gasteiger partial charge in [0.05, 0.1) is 0 Å². The first-order valence-electron chi connectivity index (χ1n) is 8.62. The van der Waals surface area contributed by atoms with Crippen LogP contribution in [0, 0.1) is 5.92 Å². The molecule has 0 bridgehead atoms. The second-order valence-electron chi connectivity index (χ2n) is 7.01. The molecule has 0 unspecified atom stereocenters. The van der Waals surface area contributed by atoms with Gasteiger partial charge >= 0.3 is 5.97 Å². The fourth-order valence-corrected chi connectivity index (χ4v) is 3.67. The molecule has 3 aliphatic rings. The zero-order valence-electron chi connectivity index (χ0n) is 13.8. The largest absolute Gasteiger partial charge is 0.486 e. The monoisotopic (exact) mass is 347 g/mol. The summed E-state index contributed by atoms with van der Waals surface area (Å²) in [6.07, 6.45) is 0.948. The molecule has 134 valence electrons. The summed E-state index contributed by atoms with van der Waals surface area (Å²) in [5.41, 5.74) is -0.628. The molecule has 1 saturated heterocycles. The minimum atomic E-state index is -1.70. The van der Waals surface area contributed by atoms with E-state index in [2.05, 4.69) is 0 Å². The Balaban J connectivity index is 1.39. The first-order chi connectivity index (χ1) is 12.0. The van der Waals surface area contributed by atoms with Gasteiger partial charge in [-0.2, -0.15) is 0 Å². The number of likely N-dealkylation sites (tertiary alicyclic amines) is 1. The minimum Gasteiger partial charge on any atom is -0.486 e. The summed E-state index contributed by atoms with van der Waals surface area (Å²) in [5, 5.41) is 19.0. The Kier molecular flexibility index (Phi) is 3.83. The molecule has 7 nitrogen and oxygen atoms in total. The third kappa shape index (κ3) is 2.93. The van der Waals surface area contributed by atoms with E-state index in [1.54, 1.807) is 4.90 Å². The molecule has 0 aromatic heterocycles. The summed E-state index contributed by atoms with van der Waals surface area (Å²) in [7, 11) is 0. The van der Waals surface area contributed by atoms with Crippen molar-refractivity contribution in [3.63, 3.8) is 0 Å². The van der Waals surface area contributed by atoms with Gasteiger partial charge in [-0.25, -0.2) is 4.79 Å². The lowest BCUT2D eigenvalue weighted by Crippen LogP contribution is -2.51. The molecule has 0 spiro atoms. The lowest BCUT2D eigenvalue weighted by molar-refractivity contribution is -0.165. The van der Waals surface area contributed by atoms with E-state index in [4.69, 9.17) is 14.6 Å². The molecule has 1 aromatic carbocycles. The smallest absolute Gasteiger partial charge is 0.335 e. The second-order valence-corrected chi connectivity index (χ2v) is 7.01. The normalized spacial score (nSPS) is 26.8. The van der Waals surface area contributed by atoms with Crippen LogP contribution in [0.25, 0.3) is 0 Å². The van der Waals surface area contributed by atoms with E-state index >= 15 is 0 Å². The number of fused-ring (bicyclic) bond motifs is 1. The molecule has 1 aromatic rings. The topological polar surface area (TPSA) is 96.3 Å². The van der Waals surface area contributed by atoms with Crippen molar-refractivity contribution in [3.8, 4) is 11.5 Å². The predicted molar refractivity (Wildman–Crippen MR) is 86.7 cm³/mol. The van der Waals surface area contributed by atoms with Crippen LogP contribution in [0.5, 0.6) is 11.5 Å². The number of carboxylic acid groups (broad SMARTS) is 1. The van der Waals surface area contributed by atoms with Crippen molar-refractivity contribution in [2.24, 2.45) is 5.92 Å². The number of ether oxygens (including phenoxy) is 2. The second kappa shape index (κ2) is 5.91. The van der Waals surface area contributed by atoms with Gasteiger partial charge in [-0.15, -0.1) is 0 Å². The van der Waals surface area contributed by atoms with Gasteiger partial charge in [0.2, 0.25) is 5.91 Å². The molecule has 1 aliphatic carbocycles. The molecule has 7 heteroatoms. The van der Waals surface area contributed by atoms with Crippen LogP contribution in [0.15, 0.2) is 18.2 Å². The van der Waals surface area contributed by atoms with Crippen LogP contribution >= 0.6 is 0 Å².